The van der Waals surface area contributed by atoms with Crippen LogP contribution in [0, 0.1) is 5.92 Å². The fraction of sp³-hybridized carbons (Fsp3) is 0.310. The van der Waals surface area contributed by atoms with Gasteiger partial charge in [-0.15, -0.1) is 11.3 Å². The van der Waals surface area contributed by atoms with Gasteiger partial charge in [0.2, 0.25) is 0 Å². The molecule has 2 aromatic carbocycles. The standard InChI is InChI=1S/C29H27N5O3S/c1-37-22-9-5-8-19-18(22)11-10-17-14-30-20(23(17)19)12-13-34-28(35)26-24(33-29(34)36)25-27(38-26)31-15-21(32-25)16-6-3-2-4-7-16/h2-9,15,17,20,23,30H,10-14H2,1H3,(H,33,36)/t17-,20?,23+/m0/s1. The first-order valence-corrected chi connectivity index (χ1v) is 13.8. The lowest BCUT2D eigenvalue weighted by molar-refractivity contribution is 0.371. The largest absolute Gasteiger partial charge is 0.496 e. The summed E-state index contributed by atoms with van der Waals surface area (Å²) in [5, 5.41) is 3.68. The normalized spacial score (nSPS) is 20.5. The molecule has 0 saturated carbocycles. The molecule has 5 aromatic rings. The molecule has 0 bridgehead atoms. The predicted molar refractivity (Wildman–Crippen MR) is 149 cm³/mol. The molecule has 38 heavy (non-hydrogen) atoms. The summed E-state index contributed by atoms with van der Waals surface area (Å²) in [5.41, 5.74) is 4.60. The number of nitrogens with zero attached hydrogens (tertiary/aromatic N) is 3. The number of H-pyrrole nitrogens is 1. The molecule has 0 amide bonds. The van der Waals surface area contributed by atoms with Crippen molar-refractivity contribution in [3.8, 4) is 17.0 Å². The van der Waals surface area contributed by atoms with Gasteiger partial charge in [-0.2, -0.15) is 0 Å². The van der Waals surface area contributed by atoms with Crippen LogP contribution in [0.4, 0.5) is 0 Å². The molecule has 1 aliphatic carbocycles. The maximum absolute atomic E-state index is 13.5. The van der Waals surface area contributed by atoms with Gasteiger partial charge in [-0.05, 0) is 48.9 Å². The third-order valence-electron chi connectivity index (χ3n) is 8.15. The van der Waals surface area contributed by atoms with E-state index in [0.717, 1.165) is 30.7 Å². The summed E-state index contributed by atoms with van der Waals surface area (Å²) in [6.07, 6.45) is 4.53. The smallest absolute Gasteiger partial charge is 0.328 e. The topological polar surface area (TPSA) is 102 Å². The van der Waals surface area contributed by atoms with Gasteiger partial charge in [0.15, 0.2) is 0 Å². The molecule has 0 spiro atoms. The van der Waals surface area contributed by atoms with E-state index >= 15 is 0 Å². The molecule has 1 aliphatic heterocycles. The van der Waals surface area contributed by atoms with E-state index in [2.05, 4.69) is 27.4 Å². The number of fused-ring (bicyclic) bond motifs is 6. The lowest BCUT2D eigenvalue weighted by Crippen LogP contribution is -2.37. The average Bonchev–Trinajstić information content (AvgIpc) is 3.54. The van der Waals surface area contributed by atoms with E-state index in [1.54, 1.807) is 13.3 Å². The van der Waals surface area contributed by atoms with E-state index in [9.17, 15) is 9.59 Å². The Morgan fingerprint density at radius 3 is 2.84 bits per heavy atom. The van der Waals surface area contributed by atoms with Crippen molar-refractivity contribution in [2.45, 2.75) is 37.8 Å². The minimum Gasteiger partial charge on any atom is -0.496 e. The second kappa shape index (κ2) is 9.18. The highest BCUT2D eigenvalue weighted by Crippen LogP contribution is 2.45. The fourth-order valence-corrected chi connectivity index (χ4v) is 7.34. The maximum Gasteiger partial charge on any atom is 0.328 e. The Morgan fingerprint density at radius 1 is 1.13 bits per heavy atom. The van der Waals surface area contributed by atoms with Crippen molar-refractivity contribution in [3.05, 3.63) is 86.7 Å². The first-order valence-electron chi connectivity index (χ1n) is 13.0. The molecule has 2 aliphatic rings. The van der Waals surface area contributed by atoms with E-state index < -0.39 is 5.69 Å². The second-order valence-corrected chi connectivity index (χ2v) is 11.1. The number of methoxy groups -OCH3 is 1. The summed E-state index contributed by atoms with van der Waals surface area (Å²) < 4.78 is 7.45. The van der Waals surface area contributed by atoms with Gasteiger partial charge in [0.25, 0.3) is 5.56 Å². The Hall–Kier alpha value is -3.82. The Balaban J connectivity index is 1.21. The highest BCUT2D eigenvalue weighted by Gasteiger charge is 2.40. The maximum atomic E-state index is 13.5. The molecule has 9 heteroatoms. The number of hydrogen-bond acceptors (Lipinski definition) is 7. The molecular formula is C29H27N5O3S. The summed E-state index contributed by atoms with van der Waals surface area (Å²) in [5.74, 6) is 1.85. The summed E-state index contributed by atoms with van der Waals surface area (Å²) in [6, 6.07) is 16.2. The second-order valence-electron chi connectivity index (χ2n) is 10.1. The third kappa shape index (κ3) is 3.68. The van der Waals surface area contributed by atoms with Crippen molar-refractivity contribution in [3.63, 3.8) is 0 Å². The minimum atomic E-state index is -0.408. The number of benzene rings is 2. The van der Waals surface area contributed by atoms with Gasteiger partial charge in [0.05, 0.1) is 24.5 Å². The zero-order valence-electron chi connectivity index (χ0n) is 20.9. The van der Waals surface area contributed by atoms with Crippen LogP contribution in [0.1, 0.15) is 29.9 Å². The number of aromatic nitrogens is 4. The van der Waals surface area contributed by atoms with Crippen molar-refractivity contribution in [1.29, 1.82) is 0 Å². The molecule has 3 aromatic heterocycles. The molecule has 2 N–H and O–H groups in total. The van der Waals surface area contributed by atoms with Gasteiger partial charge in [0.1, 0.15) is 20.8 Å². The van der Waals surface area contributed by atoms with Gasteiger partial charge in [-0.1, -0.05) is 42.5 Å². The Kier molecular flexibility index (Phi) is 5.63. The number of hydrogen-bond donors (Lipinski definition) is 2. The SMILES string of the molecule is COc1cccc2c1CC[C@H]1CNC(CCn3c(=O)[nH]c4c(sc5ncc(-c6ccccc6)nc54)c3=O)[C@@H]21. The average molecular weight is 526 g/mol. The van der Waals surface area contributed by atoms with Crippen LogP contribution < -0.4 is 21.3 Å². The van der Waals surface area contributed by atoms with E-state index in [1.807, 2.05) is 36.4 Å². The third-order valence-corrected chi connectivity index (χ3v) is 9.22. The molecule has 4 heterocycles. The number of thiophene rings is 1. The lowest BCUT2D eigenvalue weighted by Gasteiger charge is -2.32. The number of ether oxygens (including phenoxy) is 1. The van der Waals surface area contributed by atoms with E-state index in [0.29, 0.717) is 51.1 Å². The Bertz CT molecular complexity index is 1790. The lowest BCUT2D eigenvalue weighted by atomic mass is 9.73. The Labute approximate surface area is 222 Å². The van der Waals surface area contributed by atoms with Crippen LogP contribution in [0.2, 0.25) is 0 Å². The van der Waals surface area contributed by atoms with Crippen molar-refractivity contribution in [2.24, 2.45) is 5.92 Å². The summed E-state index contributed by atoms with van der Waals surface area (Å²) in [4.78, 5) is 39.5. The monoisotopic (exact) mass is 525 g/mol. The van der Waals surface area contributed by atoms with Gasteiger partial charge >= 0.3 is 5.69 Å². The Morgan fingerprint density at radius 2 is 2.00 bits per heavy atom. The van der Waals surface area contributed by atoms with Crippen molar-refractivity contribution in [2.75, 3.05) is 13.7 Å². The van der Waals surface area contributed by atoms with Crippen LogP contribution in [0.25, 0.3) is 31.8 Å². The summed E-state index contributed by atoms with van der Waals surface area (Å²) in [6.45, 7) is 1.29. The zero-order chi connectivity index (χ0) is 25.8. The predicted octanol–water partition coefficient (Wildman–Crippen LogP) is 4.08. The van der Waals surface area contributed by atoms with Crippen LogP contribution in [-0.4, -0.2) is 39.2 Å². The first kappa shape index (κ1) is 23.3. The van der Waals surface area contributed by atoms with E-state index in [-0.39, 0.29) is 11.6 Å². The van der Waals surface area contributed by atoms with Crippen LogP contribution in [0.3, 0.4) is 0 Å². The van der Waals surface area contributed by atoms with Gasteiger partial charge in [0, 0.05) is 24.1 Å². The van der Waals surface area contributed by atoms with Crippen molar-refractivity contribution >= 4 is 31.9 Å². The molecule has 192 valence electrons. The molecule has 1 unspecified atom stereocenters. The van der Waals surface area contributed by atoms with Crippen LogP contribution >= 0.6 is 11.3 Å². The van der Waals surface area contributed by atoms with E-state index in [4.69, 9.17) is 9.72 Å². The zero-order valence-corrected chi connectivity index (χ0v) is 21.8. The molecule has 0 radical (unpaired) electrons. The highest BCUT2D eigenvalue weighted by atomic mass is 32.1. The first-order chi connectivity index (χ1) is 18.6. The molecule has 1 fully saturated rings. The quantitative estimate of drug-likeness (QED) is 0.359. The number of rotatable bonds is 5. The van der Waals surface area contributed by atoms with Crippen LogP contribution in [-0.2, 0) is 13.0 Å². The summed E-state index contributed by atoms with van der Waals surface area (Å²) >= 11 is 1.28. The number of nitrogens with one attached hydrogen (secondary N) is 2. The van der Waals surface area contributed by atoms with Crippen LogP contribution in [0.15, 0.2) is 64.3 Å². The summed E-state index contributed by atoms with van der Waals surface area (Å²) in [7, 11) is 1.72. The van der Waals surface area contributed by atoms with Crippen molar-refractivity contribution < 1.29 is 4.74 Å². The fourth-order valence-electron chi connectivity index (χ4n) is 6.35. The highest BCUT2D eigenvalue weighted by molar-refractivity contribution is 7.25. The van der Waals surface area contributed by atoms with Crippen molar-refractivity contribution in [1.82, 2.24) is 24.8 Å². The van der Waals surface area contributed by atoms with Gasteiger partial charge in [-0.25, -0.2) is 14.8 Å². The van der Waals surface area contributed by atoms with Gasteiger partial charge in [-0.3, -0.25) is 9.36 Å². The van der Waals surface area contributed by atoms with Gasteiger partial charge < -0.3 is 15.0 Å². The number of aromatic amines is 1. The molecule has 1 saturated heterocycles. The molecule has 8 nitrogen and oxygen atoms in total. The minimum absolute atomic E-state index is 0.187. The van der Waals surface area contributed by atoms with E-state index in [1.165, 1.54) is 27.0 Å². The van der Waals surface area contributed by atoms with Crippen LogP contribution in [0.5, 0.6) is 5.75 Å². The molecule has 7 rings (SSSR count). The molecule has 3 atom stereocenters. The molecular weight excluding hydrogens is 498 g/mol.